The van der Waals surface area contributed by atoms with E-state index in [1.165, 1.54) is 26.2 Å². The molecule has 0 spiro atoms. The average Bonchev–Trinajstić information content (AvgIpc) is 3.45. The lowest BCUT2D eigenvalue weighted by molar-refractivity contribution is -0.137. The first-order valence-corrected chi connectivity index (χ1v) is 13.2. The van der Waals surface area contributed by atoms with E-state index in [2.05, 4.69) is 15.2 Å². The third kappa shape index (κ3) is 6.17. The van der Waals surface area contributed by atoms with E-state index in [-0.39, 0.29) is 23.9 Å². The molecule has 11 nitrogen and oxygen atoms in total. The summed E-state index contributed by atoms with van der Waals surface area (Å²) in [5, 5.41) is 6.91. The van der Waals surface area contributed by atoms with Crippen LogP contribution in [0.3, 0.4) is 0 Å². The van der Waals surface area contributed by atoms with Crippen molar-refractivity contribution in [2.45, 2.75) is 50.2 Å². The average molecular weight is 539 g/mol. The molecule has 2 aromatic rings. The topological polar surface area (TPSA) is 127 Å². The maximum absolute atomic E-state index is 13.3. The van der Waals surface area contributed by atoms with Crippen molar-refractivity contribution in [1.82, 2.24) is 22.8 Å². The lowest BCUT2D eigenvalue weighted by atomic mass is 10.1. The van der Waals surface area contributed by atoms with E-state index >= 15 is 0 Å². The predicted molar refractivity (Wildman–Crippen MR) is 119 cm³/mol. The minimum absolute atomic E-state index is 0.0724. The fraction of sp³-hybridized carbons (Fsp3) is 0.526. The van der Waals surface area contributed by atoms with Gasteiger partial charge in [0.15, 0.2) is 0 Å². The second-order valence-corrected chi connectivity index (χ2v) is 12.0. The van der Waals surface area contributed by atoms with E-state index in [1.807, 2.05) is 0 Å². The van der Waals surface area contributed by atoms with Gasteiger partial charge in [-0.3, -0.25) is 0 Å². The molecule has 1 heterocycles. The van der Waals surface area contributed by atoms with Gasteiger partial charge in [0, 0.05) is 25.7 Å². The Kier molecular flexibility index (Phi) is 7.59. The number of rotatable bonds is 10. The van der Waals surface area contributed by atoms with Crippen molar-refractivity contribution in [3.05, 3.63) is 41.7 Å². The van der Waals surface area contributed by atoms with Crippen LogP contribution in [0, 0.1) is 0 Å². The first-order valence-electron chi connectivity index (χ1n) is 10.4. The molecule has 1 fully saturated rings. The molecule has 1 aromatic carbocycles. The number of sulfonamides is 1. The van der Waals surface area contributed by atoms with Crippen molar-refractivity contribution in [3.63, 3.8) is 0 Å². The highest BCUT2D eigenvalue weighted by atomic mass is 32.2. The molecule has 3 rings (SSSR count). The van der Waals surface area contributed by atoms with Gasteiger partial charge in [-0.05, 0) is 38.8 Å². The van der Waals surface area contributed by atoms with Gasteiger partial charge in [0.25, 0.3) is 15.2 Å². The summed E-state index contributed by atoms with van der Waals surface area (Å²) < 4.78 is 92.5. The molecule has 0 N–H and O–H groups in total. The zero-order valence-electron chi connectivity index (χ0n) is 19.3. The largest absolute Gasteiger partial charge is 0.416 e. The van der Waals surface area contributed by atoms with Crippen LogP contribution in [-0.4, -0.2) is 78.1 Å². The van der Waals surface area contributed by atoms with Gasteiger partial charge < -0.3 is 4.84 Å². The Morgan fingerprint density at radius 1 is 1.17 bits per heavy atom. The zero-order valence-corrected chi connectivity index (χ0v) is 21.0. The second kappa shape index (κ2) is 9.83. The van der Waals surface area contributed by atoms with E-state index in [0.29, 0.717) is 16.9 Å². The lowest BCUT2D eigenvalue weighted by Crippen LogP contribution is -2.38. The molecule has 0 radical (unpaired) electrons. The van der Waals surface area contributed by atoms with E-state index in [0.717, 1.165) is 27.1 Å². The molecule has 0 amide bonds. The monoisotopic (exact) mass is 538 g/mol. The molecule has 1 aliphatic rings. The van der Waals surface area contributed by atoms with Gasteiger partial charge >= 0.3 is 16.4 Å². The highest BCUT2D eigenvalue weighted by molar-refractivity contribution is 7.89. The normalized spacial score (nSPS) is 15.9. The second-order valence-electron chi connectivity index (χ2n) is 8.24. The summed E-state index contributed by atoms with van der Waals surface area (Å²) in [6.07, 6.45) is -3.08. The molecule has 0 aliphatic heterocycles. The Morgan fingerprint density at radius 3 is 2.26 bits per heavy atom. The molecule has 1 aliphatic carbocycles. The number of hydrogen-bond acceptors (Lipinski definition) is 8. The van der Waals surface area contributed by atoms with Crippen molar-refractivity contribution >= 4 is 25.9 Å². The Labute approximate surface area is 201 Å². The van der Waals surface area contributed by atoms with Gasteiger partial charge in [0.1, 0.15) is 18.1 Å². The summed E-state index contributed by atoms with van der Waals surface area (Å²) in [4.78, 5) is 8.96. The summed E-state index contributed by atoms with van der Waals surface area (Å²) in [6.45, 7) is 3.02. The molecule has 16 heteroatoms. The third-order valence-electron chi connectivity index (χ3n) is 4.87. The molecule has 0 atom stereocenters. The number of hydrogen-bond donors (Lipinski definition) is 0. The van der Waals surface area contributed by atoms with Crippen molar-refractivity contribution in [1.29, 1.82) is 0 Å². The van der Waals surface area contributed by atoms with Gasteiger partial charge in [-0.1, -0.05) is 17.3 Å². The molecule has 0 unspecified atom stereocenters. The van der Waals surface area contributed by atoms with Crippen LogP contribution >= 0.6 is 0 Å². The van der Waals surface area contributed by atoms with E-state index in [4.69, 9.17) is 4.84 Å². The van der Waals surface area contributed by atoms with E-state index in [1.54, 1.807) is 13.8 Å². The van der Waals surface area contributed by atoms with Gasteiger partial charge in [-0.2, -0.15) is 30.2 Å². The number of halogens is 3. The van der Waals surface area contributed by atoms with E-state index in [9.17, 15) is 30.0 Å². The standard InChI is InChI=1S/C19H25F3N6O5S2/c1-13(2)33-25-17(14-5-7-15(8-6-14)19(20,21)22)11-27(16-9-10-16)34(29,30)18-23-12-28(24-18)35(31,32)26(3)4/h5-8,12-13,16H,9-11H2,1-4H3/b25-17+. The first kappa shape index (κ1) is 27.0. The molecule has 194 valence electrons. The molecule has 0 saturated heterocycles. The van der Waals surface area contributed by atoms with Crippen LogP contribution in [0.1, 0.15) is 37.8 Å². The SMILES string of the molecule is CC(C)O/N=C(\CN(C1CC1)S(=O)(=O)c1ncn(S(=O)(=O)N(C)C)n1)c1ccc(C(F)(F)F)cc1. The Balaban J connectivity index is 1.97. The maximum Gasteiger partial charge on any atom is 0.416 e. The van der Waals surface area contributed by atoms with Gasteiger partial charge in [0.2, 0.25) is 0 Å². The van der Waals surface area contributed by atoms with Crippen LogP contribution in [0.25, 0.3) is 0 Å². The Morgan fingerprint density at radius 2 is 1.77 bits per heavy atom. The third-order valence-corrected chi connectivity index (χ3v) is 8.13. The highest BCUT2D eigenvalue weighted by Gasteiger charge is 2.41. The fourth-order valence-electron chi connectivity index (χ4n) is 2.85. The van der Waals surface area contributed by atoms with Crippen molar-refractivity contribution in [2.75, 3.05) is 20.6 Å². The van der Waals surface area contributed by atoms with Crippen LogP contribution in [0.5, 0.6) is 0 Å². The first-order chi connectivity index (χ1) is 16.1. The van der Waals surface area contributed by atoms with Crippen LogP contribution < -0.4 is 0 Å². The zero-order chi connectivity index (χ0) is 26.2. The van der Waals surface area contributed by atoms with Crippen molar-refractivity contribution < 1.29 is 34.8 Å². The molecular weight excluding hydrogens is 513 g/mol. The number of aromatic nitrogens is 3. The predicted octanol–water partition coefficient (Wildman–Crippen LogP) is 1.93. The molecule has 0 bridgehead atoms. The smallest absolute Gasteiger partial charge is 0.393 e. The van der Waals surface area contributed by atoms with E-state index < -0.39 is 43.2 Å². The van der Waals surface area contributed by atoms with Gasteiger partial charge in [-0.15, -0.1) is 9.19 Å². The quantitative estimate of drug-likeness (QED) is 0.334. The highest BCUT2D eigenvalue weighted by Crippen LogP contribution is 2.32. The van der Waals surface area contributed by atoms with Crippen LogP contribution in [-0.2, 0) is 31.2 Å². The van der Waals surface area contributed by atoms with Gasteiger partial charge in [-0.25, -0.2) is 13.4 Å². The number of nitrogens with zero attached hydrogens (tertiary/aromatic N) is 6. The number of oxime groups is 1. The summed E-state index contributed by atoms with van der Waals surface area (Å²) in [5.74, 6) is 0. The van der Waals surface area contributed by atoms with Gasteiger partial charge in [0.05, 0.1) is 12.1 Å². The van der Waals surface area contributed by atoms with Crippen molar-refractivity contribution in [2.24, 2.45) is 5.16 Å². The molecule has 1 aromatic heterocycles. The minimum Gasteiger partial charge on any atom is -0.393 e. The Hall–Kier alpha value is -2.56. The summed E-state index contributed by atoms with van der Waals surface area (Å²) in [5.41, 5.74) is -0.565. The summed E-state index contributed by atoms with van der Waals surface area (Å²) >= 11 is 0. The molecule has 1 saturated carbocycles. The Bertz CT molecular complexity index is 1280. The minimum atomic E-state index is -4.54. The molecular formula is C19H25F3N6O5S2. The lowest BCUT2D eigenvalue weighted by Gasteiger charge is -2.21. The number of alkyl halides is 3. The summed E-state index contributed by atoms with van der Waals surface area (Å²) in [6, 6.07) is 3.66. The fourth-order valence-corrected chi connectivity index (χ4v) is 5.06. The molecule has 35 heavy (non-hydrogen) atoms. The number of benzene rings is 1. The summed E-state index contributed by atoms with van der Waals surface area (Å²) in [7, 11) is -5.97. The van der Waals surface area contributed by atoms with Crippen LogP contribution in [0.2, 0.25) is 0 Å². The van der Waals surface area contributed by atoms with Crippen LogP contribution in [0.4, 0.5) is 13.2 Å². The maximum atomic E-state index is 13.3. The van der Waals surface area contributed by atoms with Crippen molar-refractivity contribution in [3.8, 4) is 0 Å². The van der Waals surface area contributed by atoms with Crippen LogP contribution in [0.15, 0.2) is 40.9 Å².